The van der Waals surface area contributed by atoms with Crippen LogP contribution in [-0.4, -0.2) is 40.6 Å². The SMILES string of the molecule is Cn1nc(-c2cccc3ncccc23)c(C(F)(F)F)c1C(=O)Nc1cnc(-n2nccn2)c(C(F)F)c1. The molecule has 37 heavy (non-hydrogen) atoms. The summed E-state index contributed by atoms with van der Waals surface area (Å²) in [5.41, 5.74) is -2.85. The lowest BCUT2D eigenvalue weighted by Crippen LogP contribution is -2.21. The topological polar surface area (TPSA) is 103 Å². The second-order valence-electron chi connectivity index (χ2n) is 7.78. The lowest BCUT2D eigenvalue weighted by Gasteiger charge is -2.13. The molecule has 0 atom stereocenters. The van der Waals surface area contributed by atoms with E-state index in [0.29, 0.717) is 10.9 Å². The number of benzene rings is 1. The summed E-state index contributed by atoms with van der Waals surface area (Å²) in [6.07, 6.45) is -2.95. The number of rotatable bonds is 5. The van der Waals surface area contributed by atoms with Gasteiger partial charge in [-0.05, 0) is 18.2 Å². The van der Waals surface area contributed by atoms with Gasteiger partial charge in [0.05, 0.1) is 35.4 Å². The number of alkyl halides is 5. The number of fused-ring (bicyclic) bond motifs is 1. The molecule has 5 rings (SSSR count). The molecule has 0 bridgehead atoms. The molecule has 0 unspecified atom stereocenters. The number of carbonyl (C=O) groups excluding carboxylic acids is 1. The van der Waals surface area contributed by atoms with Crippen LogP contribution >= 0.6 is 0 Å². The highest BCUT2D eigenvalue weighted by Crippen LogP contribution is 2.41. The first-order chi connectivity index (χ1) is 17.6. The Balaban J connectivity index is 1.58. The molecule has 0 saturated heterocycles. The summed E-state index contributed by atoms with van der Waals surface area (Å²) in [5, 5.41) is 14.1. The molecule has 9 nitrogen and oxygen atoms in total. The number of halogens is 5. The van der Waals surface area contributed by atoms with Gasteiger partial charge in [-0.25, -0.2) is 13.8 Å². The highest BCUT2D eigenvalue weighted by atomic mass is 19.4. The first-order valence-corrected chi connectivity index (χ1v) is 10.6. The molecule has 4 aromatic heterocycles. The van der Waals surface area contributed by atoms with E-state index in [9.17, 15) is 26.7 Å². The molecule has 1 aromatic carbocycles. The van der Waals surface area contributed by atoms with E-state index < -0.39 is 41.0 Å². The summed E-state index contributed by atoms with van der Waals surface area (Å²) in [6, 6.07) is 8.69. The van der Waals surface area contributed by atoms with Crippen molar-refractivity contribution in [2.24, 2.45) is 7.05 Å². The number of aryl methyl sites for hydroxylation is 1. The van der Waals surface area contributed by atoms with Gasteiger partial charge in [-0.2, -0.15) is 28.5 Å². The molecule has 14 heteroatoms. The lowest BCUT2D eigenvalue weighted by atomic mass is 10.0. The minimum atomic E-state index is -4.97. The standard InChI is InChI=1S/C23H15F5N8O/c1-35-19(22(37)33-12-10-15(20(24)25)21(30-11-12)36-31-8-9-32-36)17(23(26,27)28)18(34-35)14-4-2-6-16-13(14)5-3-7-29-16/h2-11,20H,1H3,(H,33,37). The first-order valence-electron chi connectivity index (χ1n) is 10.6. The Kier molecular flexibility index (Phi) is 5.85. The fourth-order valence-electron chi connectivity index (χ4n) is 3.94. The van der Waals surface area contributed by atoms with Crippen LogP contribution in [0.15, 0.2) is 61.2 Å². The van der Waals surface area contributed by atoms with Gasteiger partial charge in [0, 0.05) is 24.2 Å². The second kappa shape index (κ2) is 9.04. The van der Waals surface area contributed by atoms with E-state index in [2.05, 4.69) is 30.6 Å². The average molecular weight is 514 g/mol. The van der Waals surface area contributed by atoms with Gasteiger partial charge in [0.2, 0.25) is 0 Å². The Morgan fingerprint density at radius 1 is 1.03 bits per heavy atom. The number of nitrogens with one attached hydrogen (secondary N) is 1. The third kappa shape index (κ3) is 4.37. The molecule has 0 aliphatic heterocycles. The molecule has 0 aliphatic rings. The van der Waals surface area contributed by atoms with Crippen molar-refractivity contribution in [2.45, 2.75) is 12.6 Å². The number of anilines is 1. The van der Waals surface area contributed by atoms with Crippen LogP contribution in [0.3, 0.4) is 0 Å². The summed E-state index contributed by atoms with van der Waals surface area (Å²) in [4.78, 5) is 22.0. The van der Waals surface area contributed by atoms with Gasteiger partial charge in [-0.15, -0.1) is 4.80 Å². The monoisotopic (exact) mass is 514 g/mol. The van der Waals surface area contributed by atoms with E-state index in [1.165, 1.54) is 37.8 Å². The highest BCUT2D eigenvalue weighted by Gasteiger charge is 2.42. The largest absolute Gasteiger partial charge is 0.420 e. The molecule has 1 N–H and O–H groups in total. The van der Waals surface area contributed by atoms with Gasteiger partial charge in [0.25, 0.3) is 12.3 Å². The number of pyridine rings is 2. The molecule has 5 aromatic rings. The third-order valence-corrected chi connectivity index (χ3v) is 5.44. The quantitative estimate of drug-likeness (QED) is 0.338. The summed E-state index contributed by atoms with van der Waals surface area (Å²) >= 11 is 0. The van der Waals surface area contributed by atoms with Gasteiger partial charge in [-0.3, -0.25) is 14.5 Å². The van der Waals surface area contributed by atoms with Crippen molar-refractivity contribution >= 4 is 22.5 Å². The molecule has 4 heterocycles. The predicted octanol–water partition coefficient (Wildman–Crippen LogP) is 4.82. The molecular formula is C23H15F5N8O. The van der Waals surface area contributed by atoms with Gasteiger partial charge < -0.3 is 5.32 Å². The molecule has 0 radical (unpaired) electrons. The van der Waals surface area contributed by atoms with Crippen molar-refractivity contribution in [3.63, 3.8) is 0 Å². The Hall–Kier alpha value is -4.75. The number of amides is 1. The summed E-state index contributed by atoms with van der Waals surface area (Å²) in [5.74, 6) is -1.50. The number of aromatic nitrogens is 7. The predicted molar refractivity (Wildman–Crippen MR) is 121 cm³/mol. The lowest BCUT2D eigenvalue weighted by molar-refractivity contribution is -0.137. The molecule has 0 fully saturated rings. The van der Waals surface area contributed by atoms with Crippen molar-refractivity contribution < 1.29 is 26.7 Å². The Morgan fingerprint density at radius 2 is 1.78 bits per heavy atom. The molecule has 1 amide bonds. The van der Waals surface area contributed by atoms with Crippen molar-refractivity contribution in [3.8, 4) is 17.1 Å². The number of nitrogens with zero attached hydrogens (tertiary/aromatic N) is 7. The summed E-state index contributed by atoms with van der Waals surface area (Å²) in [7, 11) is 1.19. The summed E-state index contributed by atoms with van der Waals surface area (Å²) < 4.78 is 71.1. The van der Waals surface area contributed by atoms with E-state index >= 15 is 0 Å². The maximum atomic E-state index is 14.3. The van der Waals surface area contributed by atoms with Crippen LogP contribution in [0, 0.1) is 0 Å². The fourth-order valence-corrected chi connectivity index (χ4v) is 3.94. The van der Waals surface area contributed by atoms with E-state index in [0.717, 1.165) is 21.7 Å². The fraction of sp³-hybridized carbons (Fsp3) is 0.130. The van der Waals surface area contributed by atoms with Crippen LogP contribution in [0.2, 0.25) is 0 Å². The number of hydrogen-bond donors (Lipinski definition) is 1. The maximum absolute atomic E-state index is 14.3. The normalized spacial score (nSPS) is 11.9. The van der Waals surface area contributed by atoms with Gasteiger partial charge >= 0.3 is 6.18 Å². The molecule has 0 saturated carbocycles. The summed E-state index contributed by atoms with van der Waals surface area (Å²) in [6.45, 7) is 0. The smallest absolute Gasteiger partial charge is 0.319 e. The number of hydrogen-bond acceptors (Lipinski definition) is 6. The maximum Gasteiger partial charge on any atom is 0.420 e. The zero-order chi connectivity index (χ0) is 26.3. The van der Waals surface area contributed by atoms with Crippen molar-refractivity contribution in [1.82, 2.24) is 34.7 Å². The second-order valence-corrected chi connectivity index (χ2v) is 7.78. The van der Waals surface area contributed by atoms with Crippen LogP contribution in [0.4, 0.5) is 27.6 Å². The molecule has 0 spiro atoms. The Labute approximate surface area is 204 Å². The zero-order valence-corrected chi connectivity index (χ0v) is 18.8. The van der Waals surface area contributed by atoms with E-state index in [1.54, 1.807) is 18.2 Å². The van der Waals surface area contributed by atoms with Gasteiger partial charge in [-0.1, -0.05) is 18.2 Å². The van der Waals surface area contributed by atoms with Crippen LogP contribution < -0.4 is 5.32 Å². The van der Waals surface area contributed by atoms with Crippen LogP contribution in [0.5, 0.6) is 0 Å². The molecular weight excluding hydrogens is 499 g/mol. The Morgan fingerprint density at radius 3 is 2.49 bits per heavy atom. The first kappa shape index (κ1) is 24.0. The van der Waals surface area contributed by atoms with Crippen LogP contribution in [0.25, 0.3) is 28.0 Å². The van der Waals surface area contributed by atoms with Gasteiger partial charge in [0.15, 0.2) is 5.82 Å². The Bertz CT molecular complexity index is 1610. The van der Waals surface area contributed by atoms with Crippen molar-refractivity contribution in [2.75, 3.05) is 5.32 Å². The van der Waals surface area contributed by atoms with Crippen molar-refractivity contribution in [3.05, 3.63) is 78.0 Å². The van der Waals surface area contributed by atoms with Crippen LogP contribution in [0.1, 0.15) is 28.0 Å². The highest BCUT2D eigenvalue weighted by molar-refractivity contribution is 6.06. The number of carbonyl (C=O) groups is 1. The van der Waals surface area contributed by atoms with Crippen LogP contribution in [-0.2, 0) is 13.2 Å². The minimum Gasteiger partial charge on any atom is -0.319 e. The van der Waals surface area contributed by atoms with Gasteiger partial charge in [0.1, 0.15) is 17.0 Å². The van der Waals surface area contributed by atoms with Crippen molar-refractivity contribution in [1.29, 1.82) is 0 Å². The van der Waals surface area contributed by atoms with E-state index in [-0.39, 0.29) is 17.1 Å². The van der Waals surface area contributed by atoms with E-state index in [1.807, 2.05) is 0 Å². The minimum absolute atomic E-state index is 0.130. The third-order valence-electron chi connectivity index (χ3n) is 5.44. The average Bonchev–Trinajstić information content (AvgIpc) is 3.51. The zero-order valence-electron chi connectivity index (χ0n) is 18.8. The molecule has 188 valence electrons. The van der Waals surface area contributed by atoms with E-state index in [4.69, 9.17) is 0 Å². The molecule has 0 aliphatic carbocycles.